The van der Waals surface area contributed by atoms with Crippen molar-refractivity contribution in [2.45, 2.75) is 43.8 Å². The smallest absolute Gasteiger partial charge is 0.237 e. The zero-order valence-electron chi connectivity index (χ0n) is 16.3. The summed E-state index contributed by atoms with van der Waals surface area (Å²) < 4.78 is 10.6. The number of hydrogen-bond donors (Lipinski definition) is 1. The van der Waals surface area contributed by atoms with Crippen molar-refractivity contribution < 1.29 is 14.3 Å². The van der Waals surface area contributed by atoms with Crippen LogP contribution in [0.2, 0.25) is 0 Å². The summed E-state index contributed by atoms with van der Waals surface area (Å²) in [6, 6.07) is 11.8. The minimum Gasteiger partial charge on any atom is -0.493 e. The van der Waals surface area contributed by atoms with Gasteiger partial charge in [0, 0.05) is 10.6 Å². The van der Waals surface area contributed by atoms with Gasteiger partial charge in [-0.1, -0.05) is 32.0 Å². The maximum atomic E-state index is 12.7. The SMILES string of the molecule is COc1ccc(SC(C)C(=O)Nc2c(C)cccc2C(C)C)cc1OC. The molecule has 0 aliphatic carbocycles. The topological polar surface area (TPSA) is 47.6 Å². The Balaban J connectivity index is 2.14. The van der Waals surface area contributed by atoms with E-state index in [1.54, 1.807) is 14.2 Å². The standard InChI is InChI=1S/C21H27NO3S/c1-13(2)17-9-7-8-14(3)20(17)22-21(23)15(4)26-16-10-11-18(24-5)19(12-16)25-6/h7-13,15H,1-6H3,(H,22,23). The first-order chi connectivity index (χ1) is 12.4. The van der Waals surface area contributed by atoms with Crippen molar-refractivity contribution in [1.82, 2.24) is 0 Å². The van der Waals surface area contributed by atoms with Gasteiger partial charge in [0.1, 0.15) is 0 Å². The van der Waals surface area contributed by atoms with Crippen molar-refractivity contribution in [3.8, 4) is 11.5 Å². The number of hydrogen-bond acceptors (Lipinski definition) is 4. The Morgan fingerprint density at radius 3 is 2.35 bits per heavy atom. The summed E-state index contributed by atoms with van der Waals surface area (Å²) in [6.45, 7) is 8.19. The van der Waals surface area contributed by atoms with Crippen molar-refractivity contribution >= 4 is 23.4 Å². The second-order valence-corrected chi connectivity index (χ2v) is 7.87. The summed E-state index contributed by atoms with van der Waals surface area (Å²) in [7, 11) is 3.21. The second-order valence-electron chi connectivity index (χ2n) is 6.46. The van der Waals surface area contributed by atoms with E-state index >= 15 is 0 Å². The quantitative estimate of drug-likeness (QED) is 0.673. The number of carbonyl (C=O) groups excluding carboxylic acids is 1. The van der Waals surface area contributed by atoms with Gasteiger partial charge in [-0.2, -0.15) is 0 Å². The number of thioether (sulfide) groups is 1. The van der Waals surface area contributed by atoms with E-state index in [1.165, 1.54) is 11.8 Å². The lowest BCUT2D eigenvalue weighted by Gasteiger charge is -2.19. The zero-order valence-corrected chi connectivity index (χ0v) is 17.1. The van der Waals surface area contributed by atoms with Gasteiger partial charge in [0.2, 0.25) is 5.91 Å². The van der Waals surface area contributed by atoms with Crippen LogP contribution < -0.4 is 14.8 Å². The van der Waals surface area contributed by atoms with E-state index < -0.39 is 0 Å². The molecule has 0 aromatic heterocycles. The molecule has 1 atom stereocenters. The first-order valence-corrected chi connectivity index (χ1v) is 9.54. The number of rotatable bonds is 7. The Labute approximate surface area is 160 Å². The normalized spacial score (nSPS) is 12.0. The molecule has 5 heteroatoms. The van der Waals surface area contributed by atoms with Crippen molar-refractivity contribution in [3.63, 3.8) is 0 Å². The summed E-state index contributed by atoms with van der Waals surface area (Å²) in [6.07, 6.45) is 0. The Kier molecular flexibility index (Phi) is 6.98. The van der Waals surface area contributed by atoms with Crippen LogP contribution in [-0.4, -0.2) is 25.4 Å². The second kappa shape index (κ2) is 8.99. The van der Waals surface area contributed by atoms with E-state index in [4.69, 9.17) is 9.47 Å². The highest BCUT2D eigenvalue weighted by atomic mass is 32.2. The largest absolute Gasteiger partial charge is 0.493 e. The molecular formula is C21H27NO3S. The monoisotopic (exact) mass is 373 g/mol. The predicted octanol–water partition coefficient (Wildman–Crippen LogP) is 5.25. The van der Waals surface area contributed by atoms with Crippen LogP contribution in [0.25, 0.3) is 0 Å². The molecule has 1 unspecified atom stereocenters. The molecule has 0 fully saturated rings. The molecule has 0 saturated carbocycles. The van der Waals surface area contributed by atoms with E-state index in [1.807, 2.05) is 44.2 Å². The number of benzene rings is 2. The highest BCUT2D eigenvalue weighted by molar-refractivity contribution is 8.00. The lowest BCUT2D eigenvalue weighted by molar-refractivity contribution is -0.115. The van der Waals surface area contributed by atoms with Crippen LogP contribution in [0.4, 0.5) is 5.69 Å². The minimum atomic E-state index is -0.243. The molecule has 140 valence electrons. The van der Waals surface area contributed by atoms with Crippen molar-refractivity contribution in [3.05, 3.63) is 47.5 Å². The van der Waals surface area contributed by atoms with E-state index in [0.29, 0.717) is 17.4 Å². The average molecular weight is 374 g/mol. The zero-order chi connectivity index (χ0) is 19.3. The van der Waals surface area contributed by atoms with Gasteiger partial charge in [0.05, 0.1) is 19.5 Å². The van der Waals surface area contributed by atoms with Crippen LogP contribution in [0, 0.1) is 6.92 Å². The molecule has 1 N–H and O–H groups in total. The Morgan fingerprint density at radius 1 is 1.04 bits per heavy atom. The maximum Gasteiger partial charge on any atom is 0.237 e. The molecule has 1 amide bonds. The molecule has 0 heterocycles. The molecule has 0 aliphatic heterocycles. The van der Waals surface area contributed by atoms with Gasteiger partial charge in [-0.05, 0) is 49.1 Å². The lowest BCUT2D eigenvalue weighted by Crippen LogP contribution is -2.23. The summed E-state index contributed by atoms with van der Waals surface area (Å²) in [4.78, 5) is 13.7. The summed E-state index contributed by atoms with van der Waals surface area (Å²) in [5.74, 6) is 1.67. The van der Waals surface area contributed by atoms with Crippen LogP contribution >= 0.6 is 11.8 Å². The first kappa shape index (κ1) is 20.2. The number of aryl methyl sites for hydroxylation is 1. The summed E-state index contributed by atoms with van der Waals surface area (Å²) in [5, 5.41) is 2.87. The van der Waals surface area contributed by atoms with Crippen LogP contribution in [0.5, 0.6) is 11.5 Å². The van der Waals surface area contributed by atoms with E-state index in [0.717, 1.165) is 21.7 Å². The van der Waals surface area contributed by atoms with Crippen LogP contribution in [-0.2, 0) is 4.79 Å². The highest BCUT2D eigenvalue weighted by Crippen LogP contribution is 2.34. The number of carbonyl (C=O) groups is 1. The molecule has 0 bridgehead atoms. The molecule has 2 aromatic carbocycles. The van der Waals surface area contributed by atoms with Crippen molar-refractivity contribution in [1.29, 1.82) is 0 Å². The fraction of sp³-hybridized carbons (Fsp3) is 0.381. The van der Waals surface area contributed by atoms with Crippen LogP contribution in [0.15, 0.2) is 41.3 Å². The van der Waals surface area contributed by atoms with Gasteiger partial charge in [-0.3, -0.25) is 4.79 Å². The lowest BCUT2D eigenvalue weighted by atomic mass is 9.98. The number of anilines is 1. The molecule has 4 nitrogen and oxygen atoms in total. The molecule has 0 radical (unpaired) electrons. The van der Waals surface area contributed by atoms with Gasteiger partial charge in [-0.15, -0.1) is 11.8 Å². The van der Waals surface area contributed by atoms with Gasteiger partial charge in [-0.25, -0.2) is 0 Å². The molecule has 0 spiro atoms. The van der Waals surface area contributed by atoms with Gasteiger partial charge >= 0.3 is 0 Å². The Hall–Kier alpha value is -2.14. The molecule has 0 aliphatic rings. The van der Waals surface area contributed by atoms with Gasteiger partial charge < -0.3 is 14.8 Å². The number of para-hydroxylation sites is 1. The molecular weight excluding hydrogens is 346 g/mol. The number of amides is 1. The number of nitrogens with one attached hydrogen (secondary N) is 1. The van der Waals surface area contributed by atoms with E-state index in [-0.39, 0.29) is 11.2 Å². The first-order valence-electron chi connectivity index (χ1n) is 8.66. The van der Waals surface area contributed by atoms with E-state index in [2.05, 4.69) is 25.2 Å². The fourth-order valence-corrected chi connectivity index (χ4v) is 3.61. The molecule has 2 aromatic rings. The third-order valence-electron chi connectivity index (χ3n) is 4.21. The molecule has 0 saturated heterocycles. The third-order valence-corrected chi connectivity index (χ3v) is 5.31. The fourth-order valence-electron chi connectivity index (χ4n) is 2.71. The Bertz CT molecular complexity index is 774. The Morgan fingerprint density at radius 2 is 1.73 bits per heavy atom. The maximum absolute atomic E-state index is 12.7. The third kappa shape index (κ3) is 4.73. The minimum absolute atomic E-state index is 0.0130. The van der Waals surface area contributed by atoms with Crippen molar-refractivity contribution in [2.24, 2.45) is 0 Å². The van der Waals surface area contributed by atoms with Crippen molar-refractivity contribution in [2.75, 3.05) is 19.5 Å². The summed E-state index contributed by atoms with van der Waals surface area (Å²) in [5.41, 5.74) is 3.15. The van der Waals surface area contributed by atoms with Crippen LogP contribution in [0.3, 0.4) is 0 Å². The number of ether oxygens (including phenoxy) is 2. The predicted molar refractivity (Wildman–Crippen MR) is 109 cm³/mol. The summed E-state index contributed by atoms with van der Waals surface area (Å²) >= 11 is 1.49. The van der Waals surface area contributed by atoms with Gasteiger partial charge in [0.15, 0.2) is 11.5 Å². The average Bonchev–Trinajstić information content (AvgIpc) is 2.62. The van der Waals surface area contributed by atoms with Crippen LogP contribution in [0.1, 0.15) is 37.8 Å². The highest BCUT2D eigenvalue weighted by Gasteiger charge is 2.18. The van der Waals surface area contributed by atoms with Gasteiger partial charge in [0.25, 0.3) is 0 Å². The number of methoxy groups -OCH3 is 2. The molecule has 26 heavy (non-hydrogen) atoms. The molecule has 2 rings (SSSR count). The van der Waals surface area contributed by atoms with E-state index in [9.17, 15) is 4.79 Å².